The third-order valence-electron chi connectivity index (χ3n) is 3.58. The fourth-order valence-corrected chi connectivity index (χ4v) is 3.20. The van der Waals surface area contributed by atoms with Crippen molar-refractivity contribution in [3.8, 4) is 0 Å². The van der Waals surface area contributed by atoms with Crippen molar-refractivity contribution >= 4 is 52.2 Å². The molecule has 0 amide bonds. The molecule has 0 saturated carbocycles. The number of nitrogens with two attached hydrogens (primary N) is 1. The highest BCUT2D eigenvalue weighted by atomic mass is 35.5. The molecule has 0 radical (unpaired) electrons. The molecule has 2 N–H and O–H groups in total. The minimum atomic E-state index is 0. The molecule has 0 saturated heterocycles. The summed E-state index contributed by atoms with van der Waals surface area (Å²) >= 11 is 12.3. The Morgan fingerprint density at radius 1 is 1.05 bits per heavy atom. The van der Waals surface area contributed by atoms with Crippen LogP contribution in [0.5, 0.6) is 0 Å². The van der Waals surface area contributed by atoms with Crippen LogP contribution in [-0.2, 0) is 12.8 Å². The van der Waals surface area contributed by atoms with Crippen molar-refractivity contribution in [2.45, 2.75) is 32.1 Å². The van der Waals surface area contributed by atoms with Gasteiger partial charge in [-0.05, 0) is 43.4 Å². The van der Waals surface area contributed by atoms with E-state index in [0.717, 1.165) is 35.1 Å². The van der Waals surface area contributed by atoms with Crippen molar-refractivity contribution in [3.05, 3.63) is 33.4 Å². The number of aromatic nitrogens is 1. The molecule has 2 aromatic rings. The van der Waals surface area contributed by atoms with Crippen LogP contribution in [0.2, 0.25) is 10.0 Å². The molecule has 1 aromatic carbocycles. The summed E-state index contributed by atoms with van der Waals surface area (Å²) in [4.78, 5) is 4.71. The van der Waals surface area contributed by atoms with Crippen molar-refractivity contribution in [2.75, 3.05) is 5.73 Å². The Bertz CT molecular complexity index is 626. The number of hydrogen-bond donors (Lipinski definition) is 1. The second-order valence-electron chi connectivity index (χ2n) is 4.80. The minimum absolute atomic E-state index is 0. The lowest BCUT2D eigenvalue weighted by Gasteiger charge is -2.13. The monoisotopic (exact) mass is 316 g/mol. The average molecular weight is 318 g/mol. The normalized spacial score (nSPS) is 14.6. The Morgan fingerprint density at radius 3 is 2.58 bits per heavy atom. The molecule has 1 heterocycles. The summed E-state index contributed by atoms with van der Waals surface area (Å²) in [5, 5.41) is 2.07. The van der Waals surface area contributed by atoms with Gasteiger partial charge in [0.2, 0.25) is 0 Å². The summed E-state index contributed by atoms with van der Waals surface area (Å²) in [5.74, 6) is 0. The lowest BCUT2D eigenvalue weighted by atomic mass is 10.0. The molecule has 0 aliphatic heterocycles. The van der Waals surface area contributed by atoms with Crippen molar-refractivity contribution in [1.82, 2.24) is 4.98 Å². The molecule has 0 unspecified atom stereocenters. The Kier molecular flexibility index (Phi) is 4.44. The first kappa shape index (κ1) is 14.7. The van der Waals surface area contributed by atoms with E-state index in [0.29, 0.717) is 10.0 Å². The van der Waals surface area contributed by atoms with Crippen LogP contribution in [0.3, 0.4) is 0 Å². The zero-order valence-corrected chi connectivity index (χ0v) is 12.7. The molecule has 1 aromatic heterocycles. The Hall–Kier alpha value is -0.700. The zero-order valence-electron chi connectivity index (χ0n) is 10.4. The number of hydrogen-bond acceptors (Lipinski definition) is 2. The molecule has 19 heavy (non-hydrogen) atoms. The van der Waals surface area contributed by atoms with Gasteiger partial charge in [0, 0.05) is 21.8 Å². The maximum Gasteiger partial charge on any atom is 0.0913 e. The van der Waals surface area contributed by atoms with Gasteiger partial charge in [-0.15, -0.1) is 12.4 Å². The van der Waals surface area contributed by atoms with Crippen molar-refractivity contribution in [3.63, 3.8) is 0 Å². The molecule has 0 atom stereocenters. The summed E-state index contributed by atoms with van der Waals surface area (Å²) in [6, 6.07) is 3.58. The van der Waals surface area contributed by atoms with Crippen LogP contribution in [-0.4, -0.2) is 4.98 Å². The molecule has 0 fully saturated rings. The molecular formula is C14H15Cl3N2. The highest BCUT2D eigenvalue weighted by molar-refractivity contribution is 6.38. The minimum Gasteiger partial charge on any atom is -0.398 e. The summed E-state index contributed by atoms with van der Waals surface area (Å²) in [5.41, 5.74) is 10.2. The van der Waals surface area contributed by atoms with E-state index in [2.05, 4.69) is 0 Å². The number of nitrogen functional groups attached to an aromatic ring is 1. The topological polar surface area (TPSA) is 38.9 Å². The van der Waals surface area contributed by atoms with Crippen LogP contribution < -0.4 is 5.73 Å². The molecule has 0 bridgehead atoms. The lowest BCUT2D eigenvalue weighted by molar-refractivity contribution is 0.709. The number of anilines is 1. The third-order valence-corrected chi connectivity index (χ3v) is 4.09. The van der Waals surface area contributed by atoms with E-state index in [1.165, 1.54) is 24.8 Å². The Labute approximate surface area is 128 Å². The summed E-state index contributed by atoms with van der Waals surface area (Å²) < 4.78 is 0. The number of fused-ring (bicyclic) bond motifs is 2. The molecule has 2 nitrogen and oxygen atoms in total. The SMILES string of the molecule is Cl.Nc1c2c(nc3c(Cl)cc(Cl)cc13)CCCCC2. The number of aryl methyl sites for hydroxylation is 1. The quantitative estimate of drug-likeness (QED) is 0.708. The molecule has 1 aliphatic carbocycles. The largest absolute Gasteiger partial charge is 0.398 e. The van der Waals surface area contributed by atoms with Crippen LogP contribution in [0.15, 0.2) is 12.1 Å². The van der Waals surface area contributed by atoms with Gasteiger partial charge in [0.15, 0.2) is 0 Å². The van der Waals surface area contributed by atoms with Crippen molar-refractivity contribution in [2.24, 2.45) is 0 Å². The molecule has 102 valence electrons. The van der Waals surface area contributed by atoms with Crippen LogP contribution in [0, 0.1) is 0 Å². The Morgan fingerprint density at radius 2 is 1.79 bits per heavy atom. The van der Waals surface area contributed by atoms with Crippen molar-refractivity contribution < 1.29 is 0 Å². The van der Waals surface area contributed by atoms with Crippen molar-refractivity contribution in [1.29, 1.82) is 0 Å². The maximum atomic E-state index is 6.29. The first-order valence-electron chi connectivity index (χ1n) is 6.23. The first-order chi connectivity index (χ1) is 8.66. The van der Waals surface area contributed by atoms with E-state index in [9.17, 15) is 0 Å². The summed E-state index contributed by atoms with van der Waals surface area (Å²) in [6.07, 6.45) is 5.60. The van der Waals surface area contributed by atoms with Crippen LogP contribution in [0.25, 0.3) is 10.9 Å². The third kappa shape index (κ3) is 2.62. The van der Waals surface area contributed by atoms with Gasteiger partial charge in [0.1, 0.15) is 0 Å². The highest BCUT2D eigenvalue weighted by Gasteiger charge is 2.17. The lowest BCUT2D eigenvalue weighted by Crippen LogP contribution is -2.03. The fraction of sp³-hybridized carbons (Fsp3) is 0.357. The second-order valence-corrected chi connectivity index (χ2v) is 5.64. The Balaban J connectivity index is 0.00000133. The average Bonchev–Trinajstić information content (AvgIpc) is 2.56. The smallest absolute Gasteiger partial charge is 0.0913 e. The van der Waals surface area contributed by atoms with Gasteiger partial charge in [-0.25, -0.2) is 0 Å². The van der Waals surface area contributed by atoms with Crippen LogP contribution in [0.4, 0.5) is 5.69 Å². The van der Waals surface area contributed by atoms with Gasteiger partial charge in [-0.2, -0.15) is 0 Å². The number of nitrogens with zero attached hydrogens (tertiary/aromatic N) is 1. The van der Waals surface area contributed by atoms with Crippen LogP contribution in [0.1, 0.15) is 30.5 Å². The van der Waals surface area contributed by atoms with E-state index in [-0.39, 0.29) is 12.4 Å². The summed E-state index contributed by atoms with van der Waals surface area (Å²) in [6.45, 7) is 0. The van der Waals surface area contributed by atoms with E-state index >= 15 is 0 Å². The first-order valence-corrected chi connectivity index (χ1v) is 6.98. The number of pyridine rings is 1. The standard InChI is InChI=1S/C14H14Cl2N2.ClH/c15-8-6-10-13(17)9-4-2-1-3-5-12(9)18-14(10)11(16)7-8;/h6-7H,1-5H2,(H2,17,18);1H. The molecule has 0 spiro atoms. The number of benzene rings is 1. The highest BCUT2D eigenvalue weighted by Crippen LogP contribution is 2.35. The predicted octanol–water partition coefficient (Wildman–Crippen LogP) is 4.81. The van der Waals surface area contributed by atoms with E-state index in [1.807, 2.05) is 6.07 Å². The number of halogens is 3. The van der Waals surface area contributed by atoms with E-state index in [4.69, 9.17) is 33.9 Å². The van der Waals surface area contributed by atoms with E-state index < -0.39 is 0 Å². The van der Waals surface area contributed by atoms with Gasteiger partial charge in [-0.3, -0.25) is 4.98 Å². The molecule has 1 aliphatic rings. The molecular weight excluding hydrogens is 303 g/mol. The fourth-order valence-electron chi connectivity index (χ4n) is 2.66. The van der Waals surface area contributed by atoms with Gasteiger partial charge in [-0.1, -0.05) is 29.6 Å². The van der Waals surface area contributed by atoms with E-state index in [1.54, 1.807) is 6.07 Å². The molecule has 3 rings (SSSR count). The zero-order chi connectivity index (χ0) is 12.7. The van der Waals surface area contributed by atoms with Gasteiger partial charge >= 0.3 is 0 Å². The van der Waals surface area contributed by atoms with Gasteiger partial charge in [0.25, 0.3) is 0 Å². The van der Waals surface area contributed by atoms with Gasteiger partial charge < -0.3 is 5.73 Å². The van der Waals surface area contributed by atoms with Gasteiger partial charge in [0.05, 0.1) is 10.5 Å². The number of rotatable bonds is 0. The maximum absolute atomic E-state index is 6.29. The second kappa shape index (κ2) is 5.74. The van der Waals surface area contributed by atoms with Crippen LogP contribution >= 0.6 is 35.6 Å². The summed E-state index contributed by atoms with van der Waals surface area (Å²) in [7, 11) is 0. The predicted molar refractivity (Wildman–Crippen MR) is 84.7 cm³/mol. The molecule has 5 heteroatoms.